The summed E-state index contributed by atoms with van der Waals surface area (Å²) < 4.78 is 1.82. The van der Waals surface area contributed by atoms with Crippen LogP contribution < -0.4 is 0 Å². The van der Waals surface area contributed by atoms with Crippen LogP contribution in [0.25, 0.3) is 16.9 Å². The largest absolute Gasteiger partial charge is 0.481 e. The average molecular weight is 440 g/mol. The fourth-order valence-corrected chi connectivity index (χ4v) is 3.69. The molecule has 3 aromatic carbocycles. The van der Waals surface area contributed by atoms with Gasteiger partial charge >= 0.3 is 5.97 Å². The molecule has 0 aliphatic rings. The summed E-state index contributed by atoms with van der Waals surface area (Å²) in [5.41, 5.74) is 4.55. The lowest BCUT2D eigenvalue weighted by Gasteiger charge is -2.23. The molecule has 0 fully saturated rings. The minimum Gasteiger partial charge on any atom is -0.481 e. The van der Waals surface area contributed by atoms with Gasteiger partial charge in [0, 0.05) is 36.8 Å². The number of para-hydroxylation sites is 1. The highest BCUT2D eigenvalue weighted by molar-refractivity contribution is 5.81. The summed E-state index contributed by atoms with van der Waals surface area (Å²) in [4.78, 5) is 25.8. The number of benzene rings is 3. The SMILES string of the molecule is O=C(O)CCC(=O)N(Cc1ccccc1)Cc1cn(-c2ccccc2)nc1-c1ccccc1. The van der Waals surface area contributed by atoms with Crippen LogP contribution in [0.1, 0.15) is 24.0 Å². The van der Waals surface area contributed by atoms with Gasteiger partial charge in [-0.05, 0) is 17.7 Å². The summed E-state index contributed by atoms with van der Waals surface area (Å²) in [5.74, 6) is -1.18. The van der Waals surface area contributed by atoms with Gasteiger partial charge in [0.15, 0.2) is 0 Å². The summed E-state index contributed by atoms with van der Waals surface area (Å²) in [7, 11) is 0. The van der Waals surface area contributed by atoms with Crippen molar-refractivity contribution in [2.24, 2.45) is 0 Å². The summed E-state index contributed by atoms with van der Waals surface area (Å²) >= 11 is 0. The number of carboxylic acid groups (broad SMARTS) is 1. The molecule has 0 bridgehead atoms. The van der Waals surface area contributed by atoms with Gasteiger partial charge in [0.05, 0.1) is 17.8 Å². The van der Waals surface area contributed by atoms with Crippen molar-refractivity contribution in [2.75, 3.05) is 0 Å². The van der Waals surface area contributed by atoms with Crippen molar-refractivity contribution in [1.29, 1.82) is 0 Å². The minimum absolute atomic E-state index is 0.0460. The second-order valence-electron chi connectivity index (χ2n) is 7.78. The third-order valence-corrected chi connectivity index (χ3v) is 5.34. The molecular weight excluding hydrogens is 414 g/mol. The number of nitrogens with zero attached hydrogens (tertiary/aromatic N) is 3. The number of amides is 1. The van der Waals surface area contributed by atoms with Crippen molar-refractivity contribution in [3.8, 4) is 16.9 Å². The van der Waals surface area contributed by atoms with Crippen LogP contribution in [0.3, 0.4) is 0 Å². The van der Waals surface area contributed by atoms with Gasteiger partial charge in [-0.15, -0.1) is 0 Å². The highest BCUT2D eigenvalue weighted by Crippen LogP contribution is 2.26. The maximum Gasteiger partial charge on any atom is 0.303 e. The third-order valence-electron chi connectivity index (χ3n) is 5.34. The van der Waals surface area contributed by atoms with Crippen LogP contribution in [0, 0.1) is 0 Å². The van der Waals surface area contributed by atoms with Gasteiger partial charge in [-0.25, -0.2) is 4.68 Å². The number of carboxylic acids is 1. The Kier molecular flexibility index (Phi) is 6.95. The Morgan fingerprint density at radius 3 is 2.03 bits per heavy atom. The minimum atomic E-state index is -0.982. The maximum absolute atomic E-state index is 13.0. The zero-order chi connectivity index (χ0) is 23.0. The molecule has 6 heteroatoms. The molecule has 1 amide bonds. The van der Waals surface area contributed by atoms with Gasteiger partial charge in [-0.2, -0.15) is 5.10 Å². The lowest BCUT2D eigenvalue weighted by Crippen LogP contribution is -2.30. The molecule has 166 valence electrons. The maximum atomic E-state index is 13.0. The topological polar surface area (TPSA) is 75.4 Å². The lowest BCUT2D eigenvalue weighted by molar-refractivity contribution is -0.141. The summed E-state index contributed by atoms with van der Waals surface area (Å²) in [5, 5.41) is 13.9. The van der Waals surface area contributed by atoms with Crippen molar-refractivity contribution < 1.29 is 14.7 Å². The molecule has 4 aromatic rings. The van der Waals surface area contributed by atoms with Crippen LogP contribution in [-0.2, 0) is 22.7 Å². The second-order valence-corrected chi connectivity index (χ2v) is 7.78. The van der Waals surface area contributed by atoms with E-state index >= 15 is 0 Å². The first-order valence-corrected chi connectivity index (χ1v) is 10.8. The Hall–Kier alpha value is -4.19. The fraction of sp³-hybridized carbons (Fsp3) is 0.148. The van der Waals surface area contributed by atoms with Gasteiger partial charge in [0.1, 0.15) is 0 Å². The van der Waals surface area contributed by atoms with E-state index in [1.54, 1.807) is 4.90 Å². The first-order valence-electron chi connectivity index (χ1n) is 10.8. The number of aliphatic carboxylic acids is 1. The van der Waals surface area contributed by atoms with Crippen molar-refractivity contribution in [2.45, 2.75) is 25.9 Å². The van der Waals surface area contributed by atoms with E-state index in [0.717, 1.165) is 28.1 Å². The Morgan fingerprint density at radius 1 is 0.788 bits per heavy atom. The van der Waals surface area contributed by atoms with E-state index in [1.165, 1.54) is 0 Å². The van der Waals surface area contributed by atoms with E-state index in [0.29, 0.717) is 13.1 Å². The van der Waals surface area contributed by atoms with Crippen LogP contribution in [0.15, 0.2) is 97.2 Å². The van der Waals surface area contributed by atoms with Crippen molar-refractivity contribution in [1.82, 2.24) is 14.7 Å². The van der Waals surface area contributed by atoms with Crippen LogP contribution in [0.4, 0.5) is 0 Å². The quantitative estimate of drug-likeness (QED) is 0.401. The molecule has 0 saturated heterocycles. The third kappa shape index (κ3) is 5.74. The van der Waals surface area contributed by atoms with E-state index in [9.17, 15) is 9.59 Å². The zero-order valence-corrected chi connectivity index (χ0v) is 18.2. The van der Waals surface area contributed by atoms with E-state index in [-0.39, 0.29) is 18.7 Å². The first-order chi connectivity index (χ1) is 16.1. The fourth-order valence-electron chi connectivity index (χ4n) is 3.69. The molecule has 0 aliphatic heterocycles. The standard InChI is InChI=1S/C27H25N3O3/c31-25(16-17-26(32)33)29(18-21-10-4-1-5-11-21)19-23-20-30(24-14-8-3-9-15-24)28-27(23)22-12-6-2-7-13-22/h1-15,20H,16-19H2,(H,32,33). The molecule has 6 nitrogen and oxygen atoms in total. The molecule has 0 unspecified atom stereocenters. The van der Waals surface area contributed by atoms with Gasteiger partial charge in [0.25, 0.3) is 0 Å². The molecule has 0 aliphatic carbocycles. The summed E-state index contributed by atoms with van der Waals surface area (Å²) in [6, 6.07) is 29.4. The van der Waals surface area contributed by atoms with Gasteiger partial charge in [0.2, 0.25) is 5.91 Å². The molecule has 0 saturated carbocycles. The van der Waals surface area contributed by atoms with E-state index < -0.39 is 5.97 Å². The highest BCUT2D eigenvalue weighted by atomic mass is 16.4. The number of hydrogen-bond donors (Lipinski definition) is 1. The monoisotopic (exact) mass is 439 g/mol. The molecule has 1 N–H and O–H groups in total. The number of carbonyl (C=O) groups is 2. The molecule has 0 spiro atoms. The number of aromatic nitrogens is 2. The van der Waals surface area contributed by atoms with Crippen molar-refractivity contribution in [3.05, 3.63) is 108 Å². The Balaban J connectivity index is 1.69. The van der Waals surface area contributed by atoms with Crippen LogP contribution >= 0.6 is 0 Å². The van der Waals surface area contributed by atoms with Crippen molar-refractivity contribution in [3.63, 3.8) is 0 Å². The summed E-state index contributed by atoms with van der Waals surface area (Å²) in [6.07, 6.45) is 1.70. The molecular formula is C27H25N3O3. The molecule has 33 heavy (non-hydrogen) atoms. The van der Waals surface area contributed by atoms with Gasteiger partial charge < -0.3 is 10.0 Å². The van der Waals surface area contributed by atoms with E-state index in [4.69, 9.17) is 10.2 Å². The highest BCUT2D eigenvalue weighted by Gasteiger charge is 2.20. The van der Waals surface area contributed by atoms with Crippen molar-refractivity contribution >= 4 is 11.9 Å². The van der Waals surface area contributed by atoms with Crippen LogP contribution in [0.2, 0.25) is 0 Å². The molecule has 4 rings (SSSR count). The Morgan fingerprint density at radius 2 is 1.39 bits per heavy atom. The zero-order valence-electron chi connectivity index (χ0n) is 18.2. The predicted octanol–water partition coefficient (Wildman–Crippen LogP) is 4.93. The van der Waals surface area contributed by atoms with Gasteiger partial charge in [-0.3, -0.25) is 9.59 Å². The molecule has 0 radical (unpaired) electrons. The normalized spacial score (nSPS) is 10.7. The van der Waals surface area contributed by atoms with Crippen LogP contribution in [-0.4, -0.2) is 31.7 Å². The lowest BCUT2D eigenvalue weighted by atomic mass is 10.1. The number of rotatable bonds is 9. The number of hydrogen-bond acceptors (Lipinski definition) is 3. The van der Waals surface area contributed by atoms with E-state index in [1.807, 2.05) is 102 Å². The molecule has 1 aromatic heterocycles. The van der Waals surface area contributed by atoms with E-state index in [2.05, 4.69) is 0 Å². The number of carbonyl (C=O) groups excluding carboxylic acids is 1. The average Bonchev–Trinajstić information content (AvgIpc) is 3.28. The molecule has 1 heterocycles. The molecule has 0 atom stereocenters. The Bertz CT molecular complexity index is 1210. The summed E-state index contributed by atoms with van der Waals surface area (Å²) in [6.45, 7) is 0.717. The second kappa shape index (κ2) is 10.4. The van der Waals surface area contributed by atoms with Crippen LogP contribution in [0.5, 0.6) is 0 Å². The van der Waals surface area contributed by atoms with Gasteiger partial charge in [-0.1, -0.05) is 78.9 Å². The predicted molar refractivity (Wildman–Crippen MR) is 127 cm³/mol. The smallest absolute Gasteiger partial charge is 0.303 e. The first kappa shape index (κ1) is 22.0. The Labute approximate surface area is 192 Å².